The molecule has 0 aliphatic heterocycles. The fourth-order valence-corrected chi connectivity index (χ4v) is 1.89. The van der Waals surface area contributed by atoms with Crippen molar-refractivity contribution in [3.05, 3.63) is 41.1 Å². The highest BCUT2D eigenvalue weighted by atomic mass is 35.5. The maximum Gasteiger partial charge on any atom is 0.137 e. The quantitative estimate of drug-likeness (QED) is 0.908. The zero-order chi connectivity index (χ0) is 12.3. The van der Waals surface area contributed by atoms with Crippen molar-refractivity contribution < 1.29 is 9.15 Å². The van der Waals surface area contributed by atoms with Crippen molar-refractivity contribution in [3.63, 3.8) is 0 Å². The van der Waals surface area contributed by atoms with E-state index in [0.717, 1.165) is 23.5 Å². The molecule has 0 saturated heterocycles. The van der Waals surface area contributed by atoms with Crippen LogP contribution in [0.2, 0.25) is 5.02 Å². The van der Waals surface area contributed by atoms with Crippen molar-refractivity contribution in [2.24, 2.45) is 5.73 Å². The Hall–Kier alpha value is -1.45. The first-order valence-corrected chi connectivity index (χ1v) is 5.75. The molecule has 17 heavy (non-hydrogen) atoms. The van der Waals surface area contributed by atoms with E-state index in [1.807, 2.05) is 30.3 Å². The summed E-state index contributed by atoms with van der Waals surface area (Å²) in [6.45, 7) is 0.580. The van der Waals surface area contributed by atoms with Crippen LogP contribution >= 0.6 is 11.6 Å². The minimum absolute atomic E-state index is 0.571. The van der Waals surface area contributed by atoms with Gasteiger partial charge in [-0.05, 0) is 36.9 Å². The van der Waals surface area contributed by atoms with Gasteiger partial charge in [0.2, 0.25) is 0 Å². The third-order valence-corrected chi connectivity index (χ3v) is 2.78. The van der Waals surface area contributed by atoms with Crippen LogP contribution in [0.4, 0.5) is 0 Å². The first-order chi connectivity index (χ1) is 8.24. The number of halogens is 1. The number of ether oxygens (including phenoxy) is 1. The lowest BCUT2D eigenvalue weighted by Gasteiger charge is -2.04. The number of rotatable bonds is 4. The minimum atomic E-state index is 0.571. The molecule has 0 bridgehead atoms. The van der Waals surface area contributed by atoms with Crippen LogP contribution in [0.3, 0.4) is 0 Å². The third kappa shape index (κ3) is 2.62. The maximum atomic E-state index is 6.06. The monoisotopic (exact) mass is 251 g/mol. The number of hydrogen-bond acceptors (Lipinski definition) is 3. The molecule has 4 heteroatoms. The van der Waals surface area contributed by atoms with Gasteiger partial charge in [0.1, 0.15) is 17.3 Å². The summed E-state index contributed by atoms with van der Waals surface area (Å²) >= 11 is 6.06. The molecule has 0 aliphatic rings. The van der Waals surface area contributed by atoms with Crippen molar-refractivity contribution >= 4 is 11.6 Å². The molecular weight excluding hydrogens is 238 g/mol. The van der Waals surface area contributed by atoms with E-state index >= 15 is 0 Å². The van der Waals surface area contributed by atoms with E-state index in [1.165, 1.54) is 0 Å². The van der Waals surface area contributed by atoms with Gasteiger partial charge in [0.15, 0.2) is 0 Å². The average molecular weight is 252 g/mol. The Labute approximate surface area is 105 Å². The molecule has 0 saturated carbocycles. The Morgan fingerprint density at radius 2 is 2.12 bits per heavy atom. The second-order valence-electron chi connectivity index (χ2n) is 3.65. The molecule has 1 heterocycles. The summed E-state index contributed by atoms with van der Waals surface area (Å²) in [5.74, 6) is 2.33. The lowest BCUT2D eigenvalue weighted by atomic mass is 10.1. The molecule has 0 fully saturated rings. The van der Waals surface area contributed by atoms with E-state index in [9.17, 15) is 0 Å². The highest BCUT2D eigenvalue weighted by Gasteiger charge is 2.07. The molecule has 1 aromatic carbocycles. The molecule has 1 aromatic heterocycles. The Kier molecular flexibility index (Phi) is 3.71. The fourth-order valence-electron chi connectivity index (χ4n) is 1.63. The molecule has 0 radical (unpaired) electrons. The molecular formula is C13H14ClNO2. The lowest BCUT2D eigenvalue weighted by molar-refractivity contribution is 0.415. The van der Waals surface area contributed by atoms with Crippen LogP contribution < -0.4 is 10.5 Å². The molecule has 90 valence electrons. The summed E-state index contributed by atoms with van der Waals surface area (Å²) in [4.78, 5) is 0. The summed E-state index contributed by atoms with van der Waals surface area (Å²) in [6.07, 6.45) is 0.740. The predicted molar refractivity (Wildman–Crippen MR) is 68.5 cm³/mol. The van der Waals surface area contributed by atoms with E-state index < -0.39 is 0 Å². The van der Waals surface area contributed by atoms with Gasteiger partial charge in [-0.25, -0.2) is 0 Å². The van der Waals surface area contributed by atoms with Gasteiger partial charge >= 0.3 is 0 Å². The zero-order valence-electron chi connectivity index (χ0n) is 9.57. The van der Waals surface area contributed by atoms with E-state index in [-0.39, 0.29) is 0 Å². The molecule has 0 spiro atoms. The number of nitrogens with two attached hydrogens (primary N) is 1. The highest BCUT2D eigenvalue weighted by molar-refractivity contribution is 6.32. The largest absolute Gasteiger partial charge is 0.495 e. The van der Waals surface area contributed by atoms with Crippen molar-refractivity contribution in [1.82, 2.24) is 0 Å². The Bertz CT molecular complexity index is 508. The van der Waals surface area contributed by atoms with E-state index in [0.29, 0.717) is 17.3 Å². The Morgan fingerprint density at radius 1 is 1.29 bits per heavy atom. The van der Waals surface area contributed by atoms with Crippen molar-refractivity contribution in [1.29, 1.82) is 0 Å². The van der Waals surface area contributed by atoms with Gasteiger partial charge < -0.3 is 14.9 Å². The summed E-state index contributed by atoms with van der Waals surface area (Å²) < 4.78 is 10.8. The second kappa shape index (κ2) is 5.25. The van der Waals surface area contributed by atoms with Gasteiger partial charge in [0, 0.05) is 12.0 Å². The Morgan fingerprint density at radius 3 is 2.76 bits per heavy atom. The van der Waals surface area contributed by atoms with Crippen LogP contribution in [0, 0.1) is 0 Å². The number of furan rings is 1. The van der Waals surface area contributed by atoms with Crippen LogP contribution in [-0.2, 0) is 6.42 Å². The van der Waals surface area contributed by atoms with Crippen LogP contribution in [0.25, 0.3) is 11.3 Å². The van der Waals surface area contributed by atoms with Crippen molar-refractivity contribution in [3.8, 4) is 17.1 Å². The van der Waals surface area contributed by atoms with Gasteiger partial charge in [0.05, 0.1) is 12.1 Å². The van der Waals surface area contributed by atoms with Crippen LogP contribution in [0.5, 0.6) is 5.75 Å². The van der Waals surface area contributed by atoms with Gasteiger partial charge in [-0.2, -0.15) is 0 Å². The summed E-state index contributed by atoms with van der Waals surface area (Å²) in [7, 11) is 1.59. The smallest absolute Gasteiger partial charge is 0.137 e. The fraction of sp³-hybridized carbons (Fsp3) is 0.231. The van der Waals surface area contributed by atoms with Crippen LogP contribution in [0.15, 0.2) is 34.7 Å². The molecule has 0 atom stereocenters. The molecule has 2 aromatic rings. The van der Waals surface area contributed by atoms with Crippen LogP contribution in [0.1, 0.15) is 5.76 Å². The minimum Gasteiger partial charge on any atom is -0.495 e. The predicted octanol–water partition coefficient (Wildman–Crippen LogP) is 3.11. The van der Waals surface area contributed by atoms with Crippen LogP contribution in [-0.4, -0.2) is 13.7 Å². The first kappa shape index (κ1) is 12.0. The number of hydrogen-bond donors (Lipinski definition) is 1. The second-order valence-corrected chi connectivity index (χ2v) is 4.06. The molecule has 0 unspecified atom stereocenters. The number of methoxy groups -OCH3 is 1. The molecule has 2 rings (SSSR count). The highest BCUT2D eigenvalue weighted by Crippen LogP contribution is 2.31. The standard InChI is InChI=1S/C13H14ClNO2/c1-16-13-4-2-9(8-11(13)14)12-5-3-10(17-12)6-7-15/h2-5,8H,6-7,15H2,1H3. The topological polar surface area (TPSA) is 48.4 Å². The zero-order valence-corrected chi connectivity index (χ0v) is 10.3. The third-order valence-electron chi connectivity index (χ3n) is 2.49. The first-order valence-electron chi connectivity index (χ1n) is 5.37. The average Bonchev–Trinajstić information content (AvgIpc) is 2.78. The molecule has 0 amide bonds. The Balaban J connectivity index is 2.29. The summed E-state index contributed by atoms with van der Waals surface area (Å²) in [5, 5.41) is 0.571. The van der Waals surface area contributed by atoms with E-state index in [1.54, 1.807) is 7.11 Å². The van der Waals surface area contributed by atoms with E-state index in [4.69, 9.17) is 26.5 Å². The molecule has 2 N–H and O–H groups in total. The van der Waals surface area contributed by atoms with Crippen molar-refractivity contribution in [2.45, 2.75) is 6.42 Å². The molecule has 3 nitrogen and oxygen atoms in total. The van der Waals surface area contributed by atoms with Gasteiger partial charge in [-0.15, -0.1) is 0 Å². The molecule has 0 aliphatic carbocycles. The van der Waals surface area contributed by atoms with Gasteiger partial charge in [0.25, 0.3) is 0 Å². The van der Waals surface area contributed by atoms with Gasteiger partial charge in [-0.3, -0.25) is 0 Å². The summed E-state index contributed by atoms with van der Waals surface area (Å²) in [5.41, 5.74) is 6.40. The summed E-state index contributed by atoms with van der Waals surface area (Å²) in [6, 6.07) is 9.41. The maximum absolute atomic E-state index is 6.06. The van der Waals surface area contributed by atoms with Gasteiger partial charge in [-0.1, -0.05) is 11.6 Å². The normalized spacial score (nSPS) is 10.5. The lowest BCUT2D eigenvalue weighted by Crippen LogP contribution is -2.01. The number of benzene rings is 1. The van der Waals surface area contributed by atoms with Crippen molar-refractivity contribution in [2.75, 3.05) is 13.7 Å². The SMILES string of the molecule is COc1ccc(-c2ccc(CCN)o2)cc1Cl. The van der Waals surface area contributed by atoms with E-state index in [2.05, 4.69) is 0 Å².